The minimum absolute atomic E-state index is 0.0348. The average Bonchev–Trinajstić information content (AvgIpc) is 2.25. The second kappa shape index (κ2) is 5.32. The lowest BCUT2D eigenvalue weighted by atomic mass is 10.3. The first kappa shape index (κ1) is 13.0. The molecule has 1 N–H and O–H groups in total. The zero-order valence-corrected chi connectivity index (χ0v) is 10.5. The molecule has 0 radical (unpaired) electrons. The largest absolute Gasteiger partial charge is 0.381 e. The van der Waals surface area contributed by atoms with Crippen LogP contribution in [0.25, 0.3) is 0 Å². The monoisotopic (exact) mass is 243 g/mol. The maximum atomic E-state index is 11.5. The molecule has 1 rings (SSSR count). The molecule has 0 amide bonds. The predicted molar refractivity (Wildman–Crippen MR) is 64.5 cm³/mol. The summed E-state index contributed by atoms with van der Waals surface area (Å²) in [5.41, 5.74) is 0.619. The van der Waals surface area contributed by atoms with Gasteiger partial charge in [-0.15, -0.1) is 0 Å². The minimum Gasteiger partial charge on any atom is -0.381 e. The predicted octanol–water partition coefficient (Wildman–Crippen LogP) is 1.54. The minimum atomic E-state index is -3.19. The number of sulfone groups is 1. The van der Waals surface area contributed by atoms with Crippen molar-refractivity contribution in [1.29, 1.82) is 0 Å². The highest BCUT2D eigenvalue weighted by Gasteiger charge is 2.12. The van der Waals surface area contributed by atoms with Crippen LogP contribution in [0.5, 0.6) is 0 Å². The van der Waals surface area contributed by atoms with Gasteiger partial charge in [0.15, 0.2) is 9.84 Å². The summed E-state index contributed by atoms with van der Waals surface area (Å²) >= 11 is 0. The van der Waals surface area contributed by atoms with Crippen molar-refractivity contribution in [2.75, 3.05) is 25.2 Å². The van der Waals surface area contributed by atoms with Gasteiger partial charge in [-0.25, -0.2) is 8.42 Å². The Hall–Kier alpha value is -1.07. The summed E-state index contributed by atoms with van der Waals surface area (Å²) in [4.78, 5) is 0.318. The first-order valence-electron chi connectivity index (χ1n) is 5.01. The fourth-order valence-corrected chi connectivity index (χ4v) is 2.14. The van der Waals surface area contributed by atoms with E-state index in [1.165, 1.54) is 6.26 Å². The summed E-state index contributed by atoms with van der Waals surface area (Å²) in [5, 5.41) is 3.07. The topological polar surface area (TPSA) is 55.4 Å². The van der Waals surface area contributed by atoms with E-state index < -0.39 is 9.84 Å². The van der Waals surface area contributed by atoms with Gasteiger partial charge in [-0.2, -0.15) is 0 Å². The van der Waals surface area contributed by atoms with Crippen molar-refractivity contribution in [3.63, 3.8) is 0 Å². The Balaban J connectivity index is 2.88. The molecule has 0 aromatic heterocycles. The molecule has 16 heavy (non-hydrogen) atoms. The molecule has 4 nitrogen and oxygen atoms in total. The van der Waals surface area contributed by atoms with Crippen LogP contribution in [0.4, 0.5) is 5.69 Å². The SMILES string of the molecule is COC(C)CNc1ccccc1S(C)(=O)=O. The van der Waals surface area contributed by atoms with Crippen molar-refractivity contribution < 1.29 is 13.2 Å². The van der Waals surface area contributed by atoms with E-state index in [1.54, 1.807) is 31.4 Å². The van der Waals surface area contributed by atoms with Crippen LogP contribution in [0.15, 0.2) is 29.2 Å². The number of hydrogen-bond acceptors (Lipinski definition) is 4. The number of benzene rings is 1. The normalized spacial score (nSPS) is 13.4. The van der Waals surface area contributed by atoms with Crippen molar-refractivity contribution in [1.82, 2.24) is 0 Å². The molecule has 1 unspecified atom stereocenters. The van der Waals surface area contributed by atoms with Crippen LogP contribution in [0.3, 0.4) is 0 Å². The van der Waals surface area contributed by atoms with Gasteiger partial charge in [-0.05, 0) is 19.1 Å². The van der Waals surface area contributed by atoms with E-state index in [0.29, 0.717) is 17.1 Å². The lowest BCUT2D eigenvalue weighted by Gasteiger charge is -2.14. The maximum absolute atomic E-state index is 11.5. The van der Waals surface area contributed by atoms with Gasteiger partial charge < -0.3 is 10.1 Å². The van der Waals surface area contributed by atoms with E-state index in [1.807, 2.05) is 6.92 Å². The standard InChI is InChI=1S/C11H17NO3S/c1-9(15-2)8-12-10-6-4-5-7-11(10)16(3,13)14/h4-7,9,12H,8H2,1-3H3. The molecule has 0 saturated heterocycles. The van der Waals surface area contributed by atoms with E-state index in [0.717, 1.165) is 0 Å². The van der Waals surface area contributed by atoms with Crippen LogP contribution >= 0.6 is 0 Å². The summed E-state index contributed by atoms with van der Waals surface area (Å²) in [6, 6.07) is 6.85. The van der Waals surface area contributed by atoms with E-state index in [9.17, 15) is 8.42 Å². The van der Waals surface area contributed by atoms with E-state index in [-0.39, 0.29) is 6.10 Å². The number of para-hydroxylation sites is 1. The van der Waals surface area contributed by atoms with Gasteiger partial charge in [0.1, 0.15) is 0 Å². The van der Waals surface area contributed by atoms with Gasteiger partial charge in [-0.1, -0.05) is 12.1 Å². The zero-order chi connectivity index (χ0) is 12.2. The highest BCUT2D eigenvalue weighted by molar-refractivity contribution is 7.90. The van der Waals surface area contributed by atoms with Crippen molar-refractivity contribution in [3.8, 4) is 0 Å². The molecule has 0 aliphatic heterocycles. The second-order valence-corrected chi connectivity index (χ2v) is 5.68. The fourth-order valence-electron chi connectivity index (χ4n) is 1.27. The molecule has 0 spiro atoms. The highest BCUT2D eigenvalue weighted by Crippen LogP contribution is 2.20. The van der Waals surface area contributed by atoms with Gasteiger partial charge in [0, 0.05) is 19.9 Å². The third-order valence-corrected chi connectivity index (χ3v) is 3.42. The van der Waals surface area contributed by atoms with Crippen molar-refractivity contribution in [3.05, 3.63) is 24.3 Å². The summed E-state index contributed by atoms with van der Waals surface area (Å²) in [6.07, 6.45) is 1.24. The average molecular weight is 243 g/mol. The Morgan fingerprint density at radius 1 is 1.38 bits per heavy atom. The van der Waals surface area contributed by atoms with Gasteiger partial charge in [0.2, 0.25) is 0 Å². The fraction of sp³-hybridized carbons (Fsp3) is 0.455. The Morgan fingerprint density at radius 2 is 2.00 bits per heavy atom. The Kier molecular flexibility index (Phi) is 4.32. The van der Waals surface area contributed by atoms with Crippen LogP contribution in [0.1, 0.15) is 6.92 Å². The lowest BCUT2D eigenvalue weighted by Crippen LogP contribution is -2.19. The van der Waals surface area contributed by atoms with Crippen molar-refractivity contribution >= 4 is 15.5 Å². The molecule has 90 valence electrons. The quantitative estimate of drug-likeness (QED) is 0.852. The second-order valence-electron chi connectivity index (χ2n) is 3.70. The molecule has 0 fully saturated rings. The van der Waals surface area contributed by atoms with E-state index in [4.69, 9.17) is 4.74 Å². The van der Waals surface area contributed by atoms with Gasteiger partial charge >= 0.3 is 0 Å². The van der Waals surface area contributed by atoms with Crippen LogP contribution in [0.2, 0.25) is 0 Å². The molecule has 0 heterocycles. The zero-order valence-electron chi connectivity index (χ0n) is 9.73. The van der Waals surface area contributed by atoms with E-state index >= 15 is 0 Å². The number of rotatable bonds is 5. The van der Waals surface area contributed by atoms with Crippen molar-refractivity contribution in [2.45, 2.75) is 17.9 Å². The molecule has 0 aliphatic rings. The molecule has 1 atom stereocenters. The van der Waals surface area contributed by atoms with Crippen LogP contribution in [0, 0.1) is 0 Å². The first-order valence-corrected chi connectivity index (χ1v) is 6.90. The van der Waals surface area contributed by atoms with E-state index in [2.05, 4.69) is 5.32 Å². The first-order chi connectivity index (χ1) is 7.45. The van der Waals surface area contributed by atoms with Gasteiger partial charge in [0.05, 0.1) is 16.7 Å². The maximum Gasteiger partial charge on any atom is 0.177 e. The van der Waals surface area contributed by atoms with Gasteiger partial charge in [-0.3, -0.25) is 0 Å². The summed E-state index contributed by atoms with van der Waals surface area (Å²) in [7, 11) is -1.57. The Bertz CT molecular complexity index is 442. The molecule has 5 heteroatoms. The molecule has 0 aliphatic carbocycles. The molecular weight excluding hydrogens is 226 g/mol. The summed E-state index contributed by atoms with van der Waals surface area (Å²) < 4.78 is 28.1. The Labute approximate surface area is 96.5 Å². The summed E-state index contributed by atoms with van der Waals surface area (Å²) in [6.45, 7) is 2.49. The van der Waals surface area contributed by atoms with Crippen LogP contribution < -0.4 is 5.32 Å². The Morgan fingerprint density at radius 3 is 2.56 bits per heavy atom. The van der Waals surface area contributed by atoms with Crippen LogP contribution in [-0.2, 0) is 14.6 Å². The van der Waals surface area contributed by atoms with Gasteiger partial charge in [0.25, 0.3) is 0 Å². The number of methoxy groups -OCH3 is 1. The number of anilines is 1. The number of nitrogens with one attached hydrogen (secondary N) is 1. The van der Waals surface area contributed by atoms with Crippen molar-refractivity contribution in [2.24, 2.45) is 0 Å². The summed E-state index contributed by atoms with van der Waals surface area (Å²) in [5.74, 6) is 0. The number of hydrogen-bond donors (Lipinski definition) is 1. The molecule has 1 aromatic carbocycles. The van der Waals surface area contributed by atoms with Crippen LogP contribution in [-0.4, -0.2) is 34.4 Å². The lowest BCUT2D eigenvalue weighted by molar-refractivity contribution is 0.128. The molecular formula is C11H17NO3S. The third kappa shape index (κ3) is 3.50. The smallest absolute Gasteiger partial charge is 0.177 e. The highest BCUT2D eigenvalue weighted by atomic mass is 32.2. The molecule has 0 bridgehead atoms. The third-order valence-electron chi connectivity index (χ3n) is 2.27. The number of ether oxygens (including phenoxy) is 1. The molecule has 0 saturated carbocycles. The molecule has 1 aromatic rings.